The van der Waals surface area contributed by atoms with E-state index < -0.39 is 6.43 Å². The summed E-state index contributed by atoms with van der Waals surface area (Å²) in [7, 11) is 0. The van der Waals surface area contributed by atoms with Crippen molar-refractivity contribution in [1.29, 1.82) is 0 Å². The summed E-state index contributed by atoms with van der Waals surface area (Å²) in [6, 6.07) is 5.91. The molecule has 1 amide bonds. The Labute approximate surface area is 128 Å². The first-order valence-electron chi connectivity index (χ1n) is 7.00. The van der Waals surface area contributed by atoms with E-state index in [1.54, 1.807) is 12.1 Å². The molecule has 1 aliphatic carbocycles. The quantitative estimate of drug-likeness (QED) is 0.897. The van der Waals surface area contributed by atoms with Gasteiger partial charge in [-0.2, -0.15) is 0 Å². The molecule has 21 heavy (non-hydrogen) atoms. The van der Waals surface area contributed by atoms with Gasteiger partial charge in [0, 0.05) is 17.2 Å². The number of rotatable bonds is 3. The monoisotopic (exact) mass is 316 g/mol. The molecule has 1 aliphatic heterocycles. The fraction of sp³-hybridized carbons (Fsp3) is 0.533. The smallest absolute Gasteiger partial charge is 0.263 e. The van der Waals surface area contributed by atoms with Crippen LogP contribution in [-0.4, -0.2) is 19.0 Å². The van der Waals surface area contributed by atoms with Gasteiger partial charge in [-0.3, -0.25) is 4.79 Å². The predicted molar refractivity (Wildman–Crippen MR) is 79.9 cm³/mol. The minimum absolute atomic E-state index is 0. The summed E-state index contributed by atoms with van der Waals surface area (Å²) >= 11 is 0. The first-order chi connectivity index (χ1) is 9.61. The van der Waals surface area contributed by atoms with E-state index in [2.05, 4.69) is 10.6 Å². The molecule has 1 saturated carbocycles. The Morgan fingerprint density at radius 3 is 2.71 bits per heavy atom. The number of alkyl halides is 2. The molecule has 1 heterocycles. The molecule has 116 valence electrons. The molecule has 1 aromatic carbocycles. The number of carbonyl (C=O) groups excluding carboxylic acids is 1. The molecule has 1 saturated heterocycles. The van der Waals surface area contributed by atoms with E-state index in [4.69, 9.17) is 0 Å². The largest absolute Gasteiger partial charge is 0.326 e. The Kier molecular flexibility index (Phi) is 4.84. The van der Waals surface area contributed by atoms with Crippen LogP contribution in [0.25, 0.3) is 0 Å². The van der Waals surface area contributed by atoms with Crippen LogP contribution in [0.3, 0.4) is 0 Å². The number of hydrogen-bond donors (Lipinski definition) is 2. The van der Waals surface area contributed by atoms with Crippen molar-refractivity contribution < 1.29 is 13.6 Å². The van der Waals surface area contributed by atoms with Gasteiger partial charge in [0.05, 0.1) is 0 Å². The zero-order valence-electron chi connectivity index (χ0n) is 11.6. The molecule has 1 spiro atoms. The molecular weight excluding hydrogens is 298 g/mol. The van der Waals surface area contributed by atoms with Crippen LogP contribution in [0.1, 0.15) is 31.3 Å². The minimum atomic E-state index is -2.51. The molecule has 0 aromatic heterocycles. The number of carbonyl (C=O) groups is 1. The average Bonchev–Trinajstić information content (AvgIpc) is 3.13. The average molecular weight is 317 g/mol. The fourth-order valence-corrected chi connectivity index (χ4v) is 3.18. The van der Waals surface area contributed by atoms with Gasteiger partial charge in [-0.25, -0.2) is 8.78 Å². The predicted octanol–water partition coefficient (Wildman–Crippen LogP) is 3.37. The first kappa shape index (κ1) is 16.2. The Balaban J connectivity index is 0.00000161. The molecule has 0 bridgehead atoms. The summed E-state index contributed by atoms with van der Waals surface area (Å²) in [6.07, 6.45) is 0.475. The van der Waals surface area contributed by atoms with Crippen LogP contribution in [-0.2, 0) is 4.79 Å². The molecule has 2 N–H and O–H groups in total. The van der Waals surface area contributed by atoms with Gasteiger partial charge in [0.1, 0.15) is 0 Å². The van der Waals surface area contributed by atoms with E-state index >= 15 is 0 Å². The first-order valence-corrected chi connectivity index (χ1v) is 7.00. The highest BCUT2D eigenvalue weighted by Crippen LogP contribution is 2.58. The third-order valence-corrected chi connectivity index (χ3v) is 4.51. The molecule has 1 atom stereocenters. The zero-order valence-corrected chi connectivity index (χ0v) is 12.4. The lowest BCUT2D eigenvalue weighted by Gasteiger charge is -2.23. The number of halogens is 3. The van der Waals surface area contributed by atoms with Crippen molar-refractivity contribution in [3.8, 4) is 0 Å². The normalized spacial score (nSPS) is 22.7. The fourth-order valence-electron chi connectivity index (χ4n) is 3.18. The lowest BCUT2D eigenvalue weighted by molar-refractivity contribution is -0.118. The van der Waals surface area contributed by atoms with Gasteiger partial charge in [0.25, 0.3) is 6.43 Å². The third kappa shape index (κ3) is 3.35. The summed E-state index contributed by atoms with van der Waals surface area (Å²) in [4.78, 5) is 12.2. The van der Waals surface area contributed by atoms with E-state index in [0.29, 0.717) is 5.69 Å². The number of piperidine rings is 1. The summed E-state index contributed by atoms with van der Waals surface area (Å²) in [5, 5.41) is 6.07. The highest BCUT2D eigenvalue weighted by molar-refractivity contribution is 5.95. The van der Waals surface area contributed by atoms with Gasteiger partial charge >= 0.3 is 0 Å². The van der Waals surface area contributed by atoms with Gasteiger partial charge in [-0.05, 0) is 49.9 Å². The number of hydrogen-bond acceptors (Lipinski definition) is 2. The zero-order chi connectivity index (χ0) is 14.2. The lowest BCUT2D eigenvalue weighted by atomic mass is 9.92. The van der Waals surface area contributed by atoms with E-state index in [1.807, 2.05) is 0 Å². The van der Waals surface area contributed by atoms with E-state index in [9.17, 15) is 13.6 Å². The van der Waals surface area contributed by atoms with Crippen LogP contribution in [0.4, 0.5) is 14.5 Å². The summed E-state index contributed by atoms with van der Waals surface area (Å²) in [5.74, 6) is 0.0122. The number of nitrogens with one attached hydrogen (secondary N) is 2. The van der Waals surface area contributed by atoms with E-state index in [1.165, 1.54) is 12.1 Å². The molecule has 3 nitrogen and oxygen atoms in total. The van der Waals surface area contributed by atoms with Crippen LogP contribution in [0.5, 0.6) is 0 Å². The highest BCUT2D eigenvalue weighted by Gasteiger charge is 2.57. The van der Waals surface area contributed by atoms with Gasteiger partial charge in [-0.1, -0.05) is 12.1 Å². The SMILES string of the molecule is Cl.O=C(Nc1cccc(C(F)F)c1)C1CC12CCNCC2. The maximum atomic E-state index is 12.6. The van der Waals surface area contributed by atoms with Crippen LogP contribution in [0, 0.1) is 11.3 Å². The Bertz CT molecular complexity index is 518. The second-order valence-electron chi connectivity index (χ2n) is 5.78. The molecule has 3 rings (SSSR count). The number of benzene rings is 1. The maximum absolute atomic E-state index is 12.6. The minimum Gasteiger partial charge on any atom is -0.326 e. The Morgan fingerprint density at radius 1 is 1.33 bits per heavy atom. The Morgan fingerprint density at radius 2 is 2.05 bits per heavy atom. The summed E-state index contributed by atoms with van der Waals surface area (Å²) < 4.78 is 25.2. The molecule has 1 aromatic rings. The van der Waals surface area contributed by atoms with Crippen molar-refractivity contribution in [3.63, 3.8) is 0 Å². The molecule has 2 fully saturated rings. The number of anilines is 1. The van der Waals surface area contributed by atoms with Gasteiger partial charge in [0.15, 0.2) is 0 Å². The van der Waals surface area contributed by atoms with Gasteiger partial charge in [0.2, 0.25) is 5.91 Å². The molecule has 0 radical (unpaired) electrons. The number of amides is 1. The van der Waals surface area contributed by atoms with E-state index in [-0.39, 0.29) is 35.2 Å². The van der Waals surface area contributed by atoms with Crippen molar-refractivity contribution in [3.05, 3.63) is 29.8 Å². The maximum Gasteiger partial charge on any atom is 0.263 e. The topological polar surface area (TPSA) is 41.1 Å². The van der Waals surface area contributed by atoms with Gasteiger partial charge < -0.3 is 10.6 Å². The van der Waals surface area contributed by atoms with Crippen molar-refractivity contribution in [1.82, 2.24) is 5.32 Å². The van der Waals surface area contributed by atoms with E-state index in [0.717, 1.165) is 32.4 Å². The molecule has 6 heteroatoms. The highest BCUT2D eigenvalue weighted by atomic mass is 35.5. The second kappa shape index (κ2) is 6.28. The van der Waals surface area contributed by atoms with Crippen molar-refractivity contribution in [2.24, 2.45) is 11.3 Å². The van der Waals surface area contributed by atoms with Crippen molar-refractivity contribution in [2.75, 3.05) is 18.4 Å². The van der Waals surface area contributed by atoms with Crippen LogP contribution >= 0.6 is 12.4 Å². The van der Waals surface area contributed by atoms with Gasteiger partial charge in [-0.15, -0.1) is 12.4 Å². The lowest BCUT2D eigenvalue weighted by Crippen LogP contribution is -2.31. The third-order valence-electron chi connectivity index (χ3n) is 4.51. The summed E-state index contributed by atoms with van der Waals surface area (Å²) in [6.45, 7) is 1.93. The van der Waals surface area contributed by atoms with Crippen LogP contribution in [0.15, 0.2) is 24.3 Å². The molecular formula is C15H19ClF2N2O. The Hall–Kier alpha value is -1.20. The molecule has 2 aliphatic rings. The van der Waals surface area contributed by atoms with Crippen LogP contribution in [0.2, 0.25) is 0 Å². The molecule has 1 unspecified atom stereocenters. The second-order valence-corrected chi connectivity index (χ2v) is 5.78. The summed E-state index contributed by atoms with van der Waals surface area (Å²) in [5.41, 5.74) is 0.564. The van der Waals surface area contributed by atoms with Crippen LogP contribution < -0.4 is 10.6 Å². The standard InChI is InChI=1S/C15H18F2N2O.ClH/c16-13(17)10-2-1-3-11(8-10)19-14(20)12-9-15(12)4-6-18-7-5-15;/h1-3,8,12-13,18H,4-7,9H2,(H,19,20);1H. The van der Waals surface area contributed by atoms with Crippen molar-refractivity contribution >= 4 is 24.0 Å². The van der Waals surface area contributed by atoms with Crippen molar-refractivity contribution in [2.45, 2.75) is 25.7 Å².